The molecule has 5 heteroatoms. The van der Waals surface area contributed by atoms with Gasteiger partial charge in [-0.05, 0) is 38.8 Å². The lowest BCUT2D eigenvalue weighted by molar-refractivity contribution is -0.121. The highest BCUT2D eigenvalue weighted by Crippen LogP contribution is 2.18. The Morgan fingerprint density at radius 2 is 2.14 bits per heavy atom. The van der Waals surface area contributed by atoms with Gasteiger partial charge in [-0.1, -0.05) is 30.3 Å². The Kier molecular flexibility index (Phi) is 8.15. The van der Waals surface area contributed by atoms with Gasteiger partial charge in [0, 0.05) is 17.8 Å². The van der Waals surface area contributed by atoms with Crippen LogP contribution >= 0.6 is 24.2 Å². The molecular formula is C16H25ClN2OS. The molecule has 21 heavy (non-hydrogen) atoms. The zero-order chi connectivity index (χ0) is 14.4. The molecule has 0 aromatic heterocycles. The van der Waals surface area contributed by atoms with Gasteiger partial charge >= 0.3 is 0 Å². The Morgan fingerprint density at radius 3 is 2.81 bits per heavy atom. The number of hydrogen-bond acceptors (Lipinski definition) is 3. The molecule has 0 saturated carbocycles. The molecule has 3 nitrogen and oxygen atoms in total. The highest BCUT2D eigenvalue weighted by molar-refractivity contribution is 7.99. The molecule has 0 aliphatic carbocycles. The fourth-order valence-corrected chi connectivity index (χ4v) is 3.27. The highest BCUT2D eigenvalue weighted by Gasteiger charge is 2.24. The maximum absolute atomic E-state index is 12.2. The van der Waals surface area contributed by atoms with E-state index >= 15 is 0 Å². The van der Waals surface area contributed by atoms with Crippen LogP contribution in [0.1, 0.15) is 32.3 Å². The van der Waals surface area contributed by atoms with E-state index in [-0.39, 0.29) is 29.6 Å². The quantitative estimate of drug-likeness (QED) is 0.873. The summed E-state index contributed by atoms with van der Waals surface area (Å²) in [5, 5.41) is 6.59. The average Bonchev–Trinajstić information content (AvgIpc) is 2.48. The van der Waals surface area contributed by atoms with Gasteiger partial charge in [0.1, 0.15) is 0 Å². The Labute approximate surface area is 138 Å². The number of piperidine rings is 1. The fourth-order valence-electron chi connectivity index (χ4n) is 2.41. The lowest BCUT2D eigenvalue weighted by Crippen LogP contribution is -2.53. The maximum atomic E-state index is 12.2. The van der Waals surface area contributed by atoms with Crippen LogP contribution in [0.2, 0.25) is 0 Å². The summed E-state index contributed by atoms with van der Waals surface area (Å²) < 4.78 is 0. The van der Waals surface area contributed by atoms with E-state index in [9.17, 15) is 4.79 Å². The van der Waals surface area contributed by atoms with E-state index in [4.69, 9.17) is 0 Å². The van der Waals surface area contributed by atoms with Crippen molar-refractivity contribution in [2.24, 2.45) is 0 Å². The van der Waals surface area contributed by atoms with E-state index in [0.717, 1.165) is 25.1 Å². The monoisotopic (exact) mass is 328 g/mol. The molecule has 1 aromatic rings. The molecule has 0 spiro atoms. The normalized spacial score (nSPS) is 23.0. The molecule has 118 valence electrons. The van der Waals surface area contributed by atoms with Crippen LogP contribution in [0.3, 0.4) is 0 Å². The number of benzene rings is 1. The summed E-state index contributed by atoms with van der Waals surface area (Å²) in [6.45, 7) is 5.20. The smallest absolute Gasteiger partial charge is 0.233 e. The van der Waals surface area contributed by atoms with Crippen LogP contribution in [0.5, 0.6) is 0 Å². The Morgan fingerprint density at radius 1 is 1.43 bits per heavy atom. The minimum atomic E-state index is -0.00988. The van der Waals surface area contributed by atoms with Gasteiger partial charge in [-0.15, -0.1) is 24.2 Å². The third kappa shape index (κ3) is 5.89. The van der Waals surface area contributed by atoms with Crippen molar-refractivity contribution >= 4 is 30.1 Å². The largest absolute Gasteiger partial charge is 0.351 e. The van der Waals surface area contributed by atoms with Crippen molar-refractivity contribution in [2.75, 3.05) is 6.54 Å². The summed E-state index contributed by atoms with van der Waals surface area (Å²) in [5.74, 6) is 1.04. The molecule has 1 heterocycles. The number of rotatable bonds is 5. The van der Waals surface area contributed by atoms with Crippen LogP contribution < -0.4 is 10.6 Å². The molecule has 2 rings (SSSR count). The molecule has 1 aliphatic rings. The van der Waals surface area contributed by atoms with Gasteiger partial charge in [0.15, 0.2) is 0 Å². The maximum Gasteiger partial charge on any atom is 0.233 e. The lowest BCUT2D eigenvalue weighted by atomic mass is 10.00. The van der Waals surface area contributed by atoms with E-state index in [2.05, 4.69) is 29.7 Å². The van der Waals surface area contributed by atoms with Crippen molar-refractivity contribution in [1.82, 2.24) is 10.6 Å². The predicted octanol–water partition coefficient (Wildman–Crippen LogP) is 2.99. The van der Waals surface area contributed by atoms with E-state index in [1.54, 1.807) is 11.8 Å². The molecule has 0 radical (unpaired) electrons. The third-order valence-corrected chi connectivity index (χ3v) is 5.02. The first-order chi connectivity index (χ1) is 9.66. The topological polar surface area (TPSA) is 41.1 Å². The number of nitrogens with one attached hydrogen (secondary N) is 2. The van der Waals surface area contributed by atoms with Crippen molar-refractivity contribution < 1.29 is 4.79 Å². The second-order valence-electron chi connectivity index (χ2n) is 5.44. The van der Waals surface area contributed by atoms with Crippen molar-refractivity contribution in [3.8, 4) is 0 Å². The molecule has 1 aromatic carbocycles. The molecule has 1 fully saturated rings. The van der Waals surface area contributed by atoms with E-state index in [1.807, 2.05) is 25.1 Å². The molecule has 2 N–H and O–H groups in total. The zero-order valence-electron chi connectivity index (χ0n) is 12.7. The van der Waals surface area contributed by atoms with Crippen molar-refractivity contribution in [3.63, 3.8) is 0 Å². The number of thioether (sulfide) groups is 1. The number of halogens is 1. The van der Waals surface area contributed by atoms with Gasteiger partial charge in [-0.25, -0.2) is 0 Å². The summed E-state index contributed by atoms with van der Waals surface area (Å²) in [6.07, 6.45) is 2.22. The minimum Gasteiger partial charge on any atom is -0.351 e. The van der Waals surface area contributed by atoms with E-state index in [1.165, 1.54) is 5.56 Å². The van der Waals surface area contributed by atoms with Gasteiger partial charge in [0.2, 0.25) is 5.91 Å². The summed E-state index contributed by atoms with van der Waals surface area (Å²) >= 11 is 1.69. The Bertz CT molecular complexity index is 430. The molecule has 0 bridgehead atoms. The summed E-state index contributed by atoms with van der Waals surface area (Å²) in [7, 11) is 0. The molecule has 1 aliphatic heterocycles. The van der Waals surface area contributed by atoms with Crippen molar-refractivity contribution in [3.05, 3.63) is 35.9 Å². The average molecular weight is 329 g/mol. The third-order valence-electron chi connectivity index (χ3n) is 3.80. The summed E-state index contributed by atoms with van der Waals surface area (Å²) in [5.41, 5.74) is 1.27. The second-order valence-corrected chi connectivity index (χ2v) is 6.77. The van der Waals surface area contributed by atoms with Crippen molar-refractivity contribution in [2.45, 2.75) is 49.8 Å². The molecule has 3 atom stereocenters. The van der Waals surface area contributed by atoms with Crippen LogP contribution in [0.15, 0.2) is 30.3 Å². The molecule has 1 amide bonds. The van der Waals surface area contributed by atoms with Gasteiger partial charge < -0.3 is 10.6 Å². The molecular weight excluding hydrogens is 304 g/mol. The lowest BCUT2D eigenvalue weighted by Gasteiger charge is -2.31. The number of carbonyl (C=O) groups excluding carboxylic acids is 1. The van der Waals surface area contributed by atoms with Gasteiger partial charge in [-0.2, -0.15) is 0 Å². The second kappa shape index (κ2) is 9.34. The highest BCUT2D eigenvalue weighted by atomic mass is 35.5. The van der Waals surface area contributed by atoms with Crippen LogP contribution in [-0.2, 0) is 10.5 Å². The molecule has 1 saturated heterocycles. The molecule has 3 unspecified atom stereocenters. The summed E-state index contributed by atoms with van der Waals surface area (Å²) in [6, 6.07) is 10.9. The Balaban J connectivity index is 0.00000220. The van der Waals surface area contributed by atoms with Crippen LogP contribution in [0.4, 0.5) is 0 Å². The first-order valence-corrected chi connectivity index (χ1v) is 8.41. The van der Waals surface area contributed by atoms with Crippen molar-refractivity contribution in [1.29, 1.82) is 0 Å². The van der Waals surface area contributed by atoms with Gasteiger partial charge in [0.05, 0.1) is 5.25 Å². The number of carbonyl (C=O) groups is 1. The number of hydrogen-bond donors (Lipinski definition) is 2. The zero-order valence-corrected chi connectivity index (χ0v) is 14.3. The number of amides is 1. The van der Waals surface area contributed by atoms with E-state index in [0.29, 0.717) is 6.04 Å². The summed E-state index contributed by atoms with van der Waals surface area (Å²) in [4.78, 5) is 12.2. The predicted molar refractivity (Wildman–Crippen MR) is 93.1 cm³/mol. The Hall–Kier alpha value is -0.710. The standard InChI is InChI=1S/C16H24N2OS.ClH/c1-12-15(9-6-10-17-12)18-16(19)13(2)20-11-14-7-4-3-5-8-14;/h3-5,7-8,12-13,15,17H,6,9-11H2,1-2H3,(H,18,19);1H. The first-order valence-electron chi connectivity index (χ1n) is 7.36. The fraction of sp³-hybridized carbons (Fsp3) is 0.562. The first kappa shape index (κ1) is 18.3. The minimum absolute atomic E-state index is 0. The van der Waals surface area contributed by atoms with Crippen LogP contribution in [0, 0.1) is 0 Å². The van der Waals surface area contributed by atoms with Gasteiger partial charge in [0.25, 0.3) is 0 Å². The van der Waals surface area contributed by atoms with Crippen LogP contribution in [0.25, 0.3) is 0 Å². The SMILES string of the molecule is CC(SCc1ccccc1)C(=O)NC1CCCNC1C.Cl. The van der Waals surface area contributed by atoms with Gasteiger partial charge in [-0.3, -0.25) is 4.79 Å². The van der Waals surface area contributed by atoms with E-state index < -0.39 is 0 Å². The van der Waals surface area contributed by atoms with Crippen LogP contribution in [-0.4, -0.2) is 29.8 Å².